The normalized spacial score (nSPS) is 14.5. The van der Waals surface area contributed by atoms with Crippen molar-refractivity contribution in [3.8, 4) is 22.5 Å². The van der Waals surface area contributed by atoms with Gasteiger partial charge in [-0.3, -0.25) is 14.8 Å². The third kappa shape index (κ3) is 4.36. The van der Waals surface area contributed by atoms with Gasteiger partial charge >= 0.3 is 0 Å². The number of aliphatic hydroxyl groups is 1. The number of rotatable bonds is 5. The molecule has 4 aromatic heterocycles. The van der Waals surface area contributed by atoms with Gasteiger partial charge in [0.15, 0.2) is 0 Å². The number of nitrogens with one attached hydrogen (secondary N) is 2. The van der Waals surface area contributed by atoms with Crippen LogP contribution < -0.4 is 10.2 Å². The molecule has 0 bridgehead atoms. The summed E-state index contributed by atoms with van der Waals surface area (Å²) >= 11 is 0. The second-order valence-electron chi connectivity index (χ2n) is 8.91. The predicted octanol–water partition coefficient (Wildman–Crippen LogP) is 4.16. The van der Waals surface area contributed by atoms with Gasteiger partial charge in [-0.05, 0) is 55.5 Å². The van der Waals surface area contributed by atoms with Crippen LogP contribution in [0.1, 0.15) is 25.3 Å². The maximum Gasteiger partial charge on any atom is 0.222 e. The highest BCUT2D eigenvalue weighted by molar-refractivity contribution is 6.01. The fourth-order valence-electron chi connectivity index (χ4n) is 4.53. The van der Waals surface area contributed by atoms with Gasteiger partial charge in [0, 0.05) is 44.6 Å². The van der Waals surface area contributed by atoms with Gasteiger partial charge in [-0.25, -0.2) is 4.98 Å². The van der Waals surface area contributed by atoms with Crippen molar-refractivity contribution < 1.29 is 9.90 Å². The summed E-state index contributed by atoms with van der Waals surface area (Å²) in [6.07, 6.45) is 7.42. The van der Waals surface area contributed by atoms with Gasteiger partial charge in [-0.1, -0.05) is 6.07 Å². The Balaban J connectivity index is 1.61. The minimum atomic E-state index is -0.169. The molecule has 1 aliphatic rings. The van der Waals surface area contributed by atoms with Gasteiger partial charge in [-0.2, -0.15) is 0 Å². The quantitative estimate of drug-likeness (QED) is 0.416. The lowest BCUT2D eigenvalue weighted by Gasteiger charge is -2.32. The monoisotopic (exact) mass is 456 g/mol. The number of nitrogens with zero attached hydrogens (tertiary/aromatic N) is 4. The standard InChI is InChI=1S/C26H28N6O2/c1-16-3-4-21(28-13-16)24-25(19-5-8-27-23(11-19)30-17(2)34)31-22-12-20(14-29-26(22)24)32-9-6-18(15-33)7-10-32/h3-5,8,11-14,18,31,33H,6-7,9-10,15H2,1-2H3,(H,27,30,34). The van der Waals surface area contributed by atoms with Crippen LogP contribution in [0.15, 0.2) is 48.9 Å². The number of carbonyl (C=O) groups is 1. The van der Waals surface area contributed by atoms with Crippen molar-refractivity contribution in [3.05, 3.63) is 54.5 Å². The van der Waals surface area contributed by atoms with Gasteiger partial charge in [0.2, 0.25) is 5.91 Å². The summed E-state index contributed by atoms with van der Waals surface area (Å²) in [6.45, 7) is 5.55. The molecule has 0 saturated carbocycles. The molecular formula is C26H28N6O2. The number of hydrogen-bond acceptors (Lipinski definition) is 6. The summed E-state index contributed by atoms with van der Waals surface area (Å²) in [7, 11) is 0. The van der Waals surface area contributed by atoms with Crippen molar-refractivity contribution >= 4 is 28.4 Å². The highest BCUT2D eigenvalue weighted by Crippen LogP contribution is 2.38. The number of pyridine rings is 3. The van der Waals surface area contributed by atoms with E-state index in [-0.39, 0.29) is 12.5 Å². The molecule has 1 aliphatic heterocycles. The van der Waals surface area contributed by atoms with Crippen LogP contribution in [0.5, 0.6) is 0 Å². The number of amides is 1. The molecule has 174 valence electrons. The van der Waals surface area contributed by atoms with Crippen LogP contribution in [-0.4, -0.2) is 50.6 Å². The third-order valence-corrected chi connectivity index (χ3v) is 6.38. The van der Waals surface area contributed by atoms with E-state index in [1.807, 2.05) is 43.6 Å². The molecule has 0 aliphatic carbocycles. The van der Waals surface area contributed by atoms with Gasteiger partial charge < -0.3 is 20.3 Å². The largest absolute Gasteiger partial charge is 0.396 e. The molecule has 5 rings (SSSR count). The molecule has 5 heterocycles. The lowest BCUT2D eigenvalue weighted by molar-refractivity contribution is -0.114. The van der Waals surface area contributed by atoms with Crippen molar-refractivity contribution in [3.63, 3.8) is 0 Å². The second-order valence-corrected chi connectivity index (χ2v) is 8.91. The lowest BCUT2D eigenvalue weighted by Crippen LogP contribution is -2.34. The fraction of sp³-hybridized carbons (Fsp3) is 0.308. The van der Waals surface area contributed by atoms with E-state index in [1.54, 1.807) is 6.20 Å². The highest BCUT2D eigenvalue weighted by Gasteiger charge is 2.22. The Labute approximate surface area is 198 Å². The smallest absolute Gasteiger partial charge is 0.222 e. The molecular weight excluding hydrogens is 428 g/mol. The van der Waals surface area contributed by atoms with Crippen molar-refractivity contribution in [2.45, 2.75) is 26.7 Å². The van der Waals surface area contributed by atoms with E-state index in [2.05, 4.69) is 31.2 Å². The Morgan fingerprint density at radius 3 is 2.68 bits per heavy atom. The van der Waals surface area contributed by atoms with Crippen molar-refractivity contribution in [1.82, 2.24) is 19.9 Å². The molecule has 0 unspecified atom stereocenters. The summed E-state index contributed by atoms with van der Waals surface area (Å²) in [5.74, 6) is 0.707. The van der Waals surface area contributed by atoms with Crippen LogP contribution in [-0.2, 0) is 4.79 Å². The first-order valence-corrected chi connectivity index (χ1v) is 11.6. The van der Waals surface area contributed by atoms with Crippen LogP contribution in [0.4, 0.5) is 11.5 Å². The zero-order valence-electron chi connectivity index (χ0n) is 19.4. The van der Waals surface area contributed by atoms with Gasteiger partial charge in [0.25, 0.3) is 0 Å². The van der Waals surface area contributed by atoms with Crippen LogP contribution in [0.2, 0.25) is 0 Å². The van der Waals surface area contributed by atoms with E-state index in [1.165, 1.54) is 6.92 Å². The van der Waals surface area contributed by atoms with Crippen LogP contribution in [0, 0.1) is 12.8 Å². The first-order chi connectivity index (χ1) is 16.5. The van der Waals surface area contributed by atoms with Crippen molar-refractivity contribution in [2.75, 3.05) is 29.9 Å². The first-order valence-electron chi connectivity index (χ1n) is 11.6. The molecule has 8 heteroatoms. The van der Waals surface area contributed by atoms with Gasteiger partial charge in [-0.15, -0.1) is 0 Å². The van der Waals surface area contributed by atoms with E-state index in [9.17, 15) is 9.90 Å². The maximum atomic E-state index is 11.6. The Bertz CT molecular complexity index is 1320. The molecule has 1 amide bonds. The molecule has 0 spiro atoms. The number of fused-ring (bicyclic) bond motifs is 1. The van der Waals surface area contributed by atoms with Crippen LogP contribution in [0.3, 0.4) is 0 Å². The number of anilines is 2. The number of aromatic amines is 1. The summed E-state index contributed by atoms with van der Waals surface area (Å²) < 4.78 is 0. The molecule has 3 N–H and O–H groups in total. The fourth-order valence-corrected chi connectivity index (χ4v) is 4.53. The summed E-state index contributed by atoms with van der Waals surface area (Å²) in [5, 5.41) is 12.2. The van der Waals surface area contributed by atoms with Crippen LogP contribution >= 0.6 is 0 Å². The average molecular weight is 457 g/mol. The van der Waals surface area contributed by atoms with Gasteiger partial charge in [0.05, 0.1) is 39.9 Å². The molecule has 0 aromatic carbocycles. The Morgan fingerprint density at radius 1 is 1.15 bits per heavy atom. The van der Waals surface area contributed by atoms with E-state index < -0.39 is 0 Å². The number of aryl methyl sites for hydroxylation is 1. The van der Waals surface area contributed by atoms with Crippen LogP contribution in [0.25, 0.3) is 33.5 Å². The third-order valence-electron chi connectivity index (χ3n) is 6.38. The molecule has 8 nitrogen and oxygen atoms in total. The van der Waals surface area contributed by atoms with E-state index in [4.69, 9.17) is 4.98 Å². The van der Waals surface area contributed by atoms with E-state index in [0.717, 1.165) is 70.7 Å². The first kappa shape index (κ1) is 22.0. The number of aromatic nitrogens is 4. The molecule has 34 heavy (non-hydrogen) atoms. The second kappa shape index (κ2) is 9.23. The number of H-pyrrole nitrogens is 1. The Hall–Kier alpha value is -3.78. The zero-order chi connectivity index (χ0) is 23.7. The Kier molecular flexibility index (Phi) is 5.98. The summed E-state index contributed by atoms with van der Waals surface area (Å²) in [6, 6.07) is 9.95. The number of hydrogen-bond donors (Lipinski definition) is 3. The average Bonchev–Trinajstić information content (AvgIpc) is 3.23. The summed E-state index contributed by atoms with van der Waals surface area (Å²) in [5.41, 5.74) is 7.43. The number of carbonyl (C=O) groups excluding carboxylic acids is 1. The lowest BCUT2D eigenvalue weighted by atomic mass is 9.97. The predicted molar refractivity (Wildman–Crippen MR) is 134 cm³/mol. The van der Waals surface area contributed by atoms with Gasteiger partial charge in [0.1, 0.15) is 5.82 Å². The minimum Gasteiger partial charge on any atom is -0.396 e. The van der Waals surface area contributed by atoms with Crippen molar-refractivity contribution in [1.29, 1.82) is 0 Å². The number of piperidine rings is 1. The molecule has 1 fully saturated rings. The summed E-state index contributed by atoms with van der Waals surface area (Å²) in [4.78, 5) is 31.2. The van der Waals surface area contributed by atoms with Crippen molar-refractivity contribution in [2.24, 2.45) is 5.92 Å². The SMILES string of the molecule is CC(=O)Nc1cc(-c2[nH]c3cc(N4CCC(CO)CC4)cnc3c2-c2ccc(C)cn2)ccn1. The van der Waals surface area contributed by atoms with E-state index >= 15 is 0 Å². The molecule has 0 atom stereocenters. The molecule has 0 radical (unpaired) electrons. The minimum absolute atomic E-state index is 0.169. The van der Waals surface area contributed by atoms with E-state index in [0.29, 0.717) is 11.7 Å². The molecule has 1 saturated heterocycles. The zero-order valence-corrected chi connectivity index (χ0v) is 19.4. The molecule has 4 aromatic rings. The number of aliphatic hydroxyl groups excluding tert-OH is 1. The highest BCUT2D eigenvalue weighted by atomic mass is 16.3. The maximum absolute atomic E-state index is 11.6. The topological polar surface area (TPSA) is 107 Å². The Morgan fingerprint density at radius 2 is 1.97 bits per heavy atom.